The van der Waals surface area contributed by atoms with Crippen molar-refractivity contribution in [3.8, 4) is 11.1 Å². The smallest absolute Gasteiger partial charge is 0.173 e. The minimum atomic E-state index is 0. The van der Waals surface area contributed by atoms with E-state index >= 15 is 0 Å². The summed E-state index contributed by atoms with van der Waals surface area (Å²) in [6.45, 7) is 0. The van der Waals surface area contributed by atoms with E-state index in [9.17, 15) is 0 Å². The number of pyridine rings is 1. The fourth-order valence-corrected chi connectivity index (χ4v) is 1.94. The molecular weight excluding hydrogens is 410 g/mol. The Balaban J connectivity index is 0.00000133. The molecule has 2 aromatic rings. The second kappa shape index (κ2) is 6.36. The van der Waals surface area contributed by atoms with Crippen LogP contribution in [0.1, 0.15) is 5.69 Å². The van der Waals surface area contributed by atoms with Crippen LogP contribution in [0.25, 0.3) is 16.7 Å². The molecule has 1 nitrogen and oxygen atoms in total. The average Bonchev–Trinajstić information content (AvgIpc) is 2.49. The van der Waals surface area contributed by atoms with Crippen molar-refractivity contribution in [3.63, 3.8) is 0 Å². The van der Waals surface area contributed by atoms with E-state index in [4.69, 9.17) is 0 Å². The van der Waals surface area contributed by atoms with Crippen LogP contribution < -0.4 is 0 Å². The summed E-state index contributed by atoms with van der Waals surface area (Å²) in [4.78, 5) is 4.40. The molecule has 0 fully saturated rings. The maximum Gasteiger partial charge on any atom is 0.173 e. The zero-order valence-corrected chi connectivity index (χ0v) is 12.6. The first-order valence-electron chi connectivity index (χ1n) is 5.92. The molecule has 0 bridgehead atoms. The monoisotopic (exact) mass is 423 g/mol. The van der Waals surface area contributed by atoms with Crippen LogP contribution in [0.5, 0.6) is 0 Å². The van der Waals surface area contributed by atoms with E-state index in [-0.39, 0.29) is 20.1 Å². The molecule has 0 aliphatic heterocycles. The molecule has 0 amide bonds. The largest absolute Gasteiger partial charge is 0.206 e. The predicted octanol–water partition coefficient (Wildman–Crippen LogP) is 4.06. The Labute approximate surface area is 126 Å². The van der Waals surface area contributed by atoms with E-state index in [0.29, 0.717) is 0 Å². The topological polar surface area (TPSA) is 12.9 Å². The summed E-state index contributed by atoms with van der Waals surface area (Å²) in [6, 6.07) is 14.5. The molecule has 0 saturated carbocycles. The van der Waals surface area contributed by atoms with Gasteiger partial charge in [-0.3, -0.25) is 0 Å². The second-order valence-corrected chi connectivity index (χ2v) is 4.07. The summed E-state index contributed by atoms with van der Waals surface area (Å²) in [5.41, 5.74) is 4.36. The molecule has 2 heteroatoms. The predicted molar refractivity (Wildman–Crippen MR) is 74.6 cm³/mol. The molecule has 0 saturated heterocycles. The molecule has 1 aromatic carbocycles. The molecule has 1 aliphatic carbocycles. The zero-order valence-electron chi connectivity index (χ0n) is 10.2. The van der Waals surface area contributed by atoms with Crippen LogP contribution in [-0.2, 0) is 20.1 Å². The fraction of sp³-hybridized carbons (Fsp3) is 0. The second-order valence-electron chi connectivity index (χ2n) is 4.07. The number of nitrogens with zero attached hydrogens (tertiary/aromatic N) is 1. The van der Waals surface area contributed by atoms with Crippen LogP contribution in [0.4, 0.5) is 0 Å². The third-order valence-electron chi connectivity index (χ3n) is 2.85. The average molecular weight is 423 g/mol. The van der Waals surface area contributed by atoms with E-state index in [1.807, 2.05) is 54.8 Å². The summed E-state index contributed by atoms with van der Waals surface area (Å²) in [6.07, 6.45) is 12.9. The van der Waals surface area contributed by atoms with Gasteiger partial charge in [0.25, 0.3) is 0 Å². The molecule has 1 radical (unpaired) electrons. The Kier molecular flexibility index (Phi) is 4.54. The first-order valence-corrected chi connectivity index (χ1v) is 5.92. The Bertz CT molecular complexity index is 639. The van der Waals surface area contributed by atoms with Gasteiger partial charge in [-0.15, -0.1) is 0 Å². The van der Waals surface area contributed by atoms with Gasteiger partial charge in [-0.25, -0.2) is 4.98 Å². The van der Waals surface area contributed by atoms with E-state index in [1.54, 1.807) is 0 Å². The molecule has 0 atom stereocenters. The van der Waals surface area contributed by atoms with Crippen molar-refractivity contribution in [3.05, 3.63) is 84.7 Å². The zero-order chi connectivity index (χ0) is 12.2. The van der Waals surface area contributed by atoms with Crippen LogP contribution in [0.3, 0.4) is 0 Å². The Morgan fingerprint density at radius 3 is 2.47 bits per heavy atom. The number of allylic oxidation sites excluding steroid dienone is 6. The van der Waals surface area contributed by atoms with Crippen LogP contribution in [0.15, 0.2) is 73.0 Å². The minimum Gasteiger partial charge on any atom is -0.206 e. The molecule has 0 spiro atoms. The van der Waals surface area contributed by atoms with Crippen LogP contribution >= 0.6 is 0 Å². The summed E-state index contributed by atoms with van der Waals surface area (Å²) in [5.74, 6) is 0. The molecule has 0 unspecified atom stereocenters. The quantitative estimate of drug-likeness (QED) is 0.666. The van der Waals surface area contributed by atoms with E-state index in [0.717, 1.165) is 11.3 Å². The summed E-state index contributed by atoms with van der Waals surface area (Å²) in [5, 5.41) is 0. The SMILES string of the molecule is [C+]1=CC=CC=C1c1cc(-c2ccccc2)ccn1.[Ir]. The normalized spacial score (nSPS) is 12.3. The maximum atomic E-state index is 4.40. The molecular formula is C17H12IrN+. The van der Waals surface area contributed by atoms with Gasteiger partial charge in [0.2, 0.25) is 0 Å². The Morgan fingerprint density at radius 1 is 0.895 bits per heavy atom. The summed E-state index contributed by atoms with van der Waals surface area (Å²) in [7, 11) is 0. The van der Waals surface area contributed by atoms with Crippen molar-refractivity contribution < 1.29 is 20.1 Å². The van der Waals surface area contributed by atoms with Crippen LogP contribution in [-0.4, -0.2) is 4.98 Å². The number of benzene rings is 1. The Hall–Kier alpha value is -1.85. The first-order chi connectivity index (χ1) is 8.93. The van der Waals surface area contributed by atoms with E-state index in [1.165, 1.54) is 11.1 Å². The van der Waals surface area contributed by atoms with Crippen molar-refractivity contribution >= 4 is 5.57 Å². The van der Waals surface area contributed by atoms with Gasteiger partial charge in [0.15, 0.2) is 11.3 Å². The number of rotatable bonds is 2. The summed E-state index contributed by atoms with van der Waals surface area (Å²) < 4.78 is 0. The van der Waals surface area contributed by atoms with Crippen molar-refractivity contribution in [2.75, 3.05) is 0 Å². The van der Waals surface area contributed by atoms with Gasteiger partial charge < -0.3 is 0 Å². The van der Waals surface area contributed by atoms with Gasteiger partial charge in [0, 0.05) is 56.7 Å². The van der Waals surface area contributed by atoms with E-state index in [2.05, 4.69) is 29.3 Å². The standard InChI is InChI=1S/C17H12N.Ir/c1-3-7-14(8-4-1)16-11-12-18-17(13-16)15-9-5-2-6-10-15;/h1-9,11-13H;/q+1;. The molecule has 1 aromatic heterocycles. The molecule has 0 N–H and O–H groups in total. The maximum absolute atomic E-state index is 4.40. The molecule has 19 heavy (non-hydrogen) atoms. The van der Waals surface area contributed by atoms with Gasteiger partial charge in [-0.1, -0.05) is 30.3 Å². The molecule has 3 rings (SSSR count). The molecule has 1 heterocycles. The first kappa shape index (κ1) is 13.6. The minimum absolute atomic E-state index is 0. The third-order valence-corrected chi connectivity index (χ3v) is 2.85. The van der Waals surface area contributed by atoms with Crippen LogP contribution in [0.2, 0.25) is 0 Å². The summed E-state index contributed by atoms with van der Waals surface area (Å²) >= 11 is 0. The van der Waals surface area contributed by atoms with Crippen molar-refractivity contribution in [1.82, 2.24) is 4.98 Å². The van der Waals surface area contributed by atoms with Gasteiger partial charge >= 0.3 is 0 Å². The van der Waals surface area contributed by atoms with Gasteiger partial charge in [-0.2, -0.15) is 0 Å². The molecule has 93 valence electrons. The Morgan fingerprint density at radius 2 is 1.74 bits per heavy atom. The molecule has 1 aliphatic rings. The number of hydrogen-bond acceptors (Lipinski definition) is 1. The van der Waals surface area contributed by atoms with Crippen molar-refractivity contribution in [1.29, 1.82) is 0 Å². The van der Waals surface area contributed by atoms with Crippen LogP contribution in [0, 0.1) is 6.08 Å². The third kappa shape index (κ3) is 3.13. The number of aromatic nitrogens is 1. The van der Waals surface area contributed by atoms with E-state index < -0.39 is 0 Å². The van der Waals surface area contributed by atoms with Gasteiger partial charge in [0.05, 0.1) is 6.08 Å². The number of hydrogen-bond donors (Lipinski definition) is 0. The van der Waals surface area contributed by atoms with Gasteiger partial charge in [0.1, 0.15) is 0 Å². The van der Waals surface area contributed by atoms with Gasteiger partial charge in [-0.05, 0) is 17.2 Å². The van der Waals surface area contributed by atoms with Crippen molar-refractivity contribution in [2.24, 2.45) is 0 Å². The van der Waals surface area contributed by atoms with Crippen molar-refractivity contribution in [2.45, 2.75) is 0 Å². The fourth-order valence-electron chi connectivity index (χ4n) is 1.94.